The second-order valence-corrected chi connectivity index (χ2v) is 6.03. The molecule has 2 aromatic carbocycles. The quantitative estimate of drug-likeness (QED) is 0.547. The van der Waals surface area contributed by atoms with Crippen LogP contribution in [-0.4, -0.2) is 16.8 Å². The summed E-state index contributed by atoms with van der Waals surface area (Å²) in [5.74, 6) is 0.760. The van der Waals surface area contributed by atoms with Crippen molar-refractivity contribution in [2.45, 2.75) is 25.9 Å². The van der Waals surface area contributed by atoms with Gasteiger partial charge in [0.05, 0.1) is 10.0 Å². The van der Waals surface area contributed by atoms with E-state index >= 15 is 0 Å². The Morgan fingerprint density at radius 3 is 2.36 bits per heavy atom. The monoisotopic (exact) mass is 386 g/mol. The van der Waals surface area contributed by atoms with Crippen molar-refractivity contribution in [2.75, 3.05) is 6.54 Å². The number of nitrogens with zero attached hydrogens (tertiary/aromatic N) is 1. The summed E-state index contributed by atoms with van der Waals surface area (Å²) in [6, 6.07) is 13.7. The van der Waals surface area contributed by atoms with Gasteiger partial charge >= 0.3 is 0 Å². The molecular weight excluding hydrogens is 367 g/mol. The molecule has 1 atom stereocenters. The van der Waals surface area contributed by atoms with Crippen LogP contribution in [0.4, 0.5) is 0 Å². The van der Waals surface area contributed by atoms with Crippen LogP contribution >= 0.6 is 23.2 Å². The lowest BCUT2D eigenvalue weighted by atomic mass is 10.0. The predicted octanol–water partition coefficient (Wildman–Crippen LogP) is 4.81. The highest BCUT2D eigenvalue weighted by atomic mass is 35.5. The van der Waals surface area contributed by atoms with Crippen molar-refractivity contribution in [3.05, 3.63) is 73.8 Å². The predicted molar refractivity (Wildman–Crippen MR) is 98.1 cm³/mol. The number of nitrogens with two attached hydrogens (primary N) is 1. The molecule has 2 aromatic rings. The molecule has 0 fully saturated rings. The number of halogens is 2. The van der Waals surface area contributed by atoms with E-state index in [4.69, 9.17) is 49.0 Å². The van der Waals surface area contributed by atoms with Crippen LogP contribution in [0.5, 0.6) is 5.75 Å². The van der Waals surface area contributed by atoms with Crippen molar-refractivity contribution in [3.8, 4) is 5.75 Å². The van der Waals surface area contributed by atoms with E-state index in [1.807, 2.05) is 31.2 Å². The van der Waals surface area contributed by atoms with Crippen LogP contribution in [0.3, 0.4) is 0 Å². The lowest BCUT2D eigenvalue weighted by Crippen LogP contribution is -2.11. The maximum absolute atomic E-state index is 8.36. The minimum atomic E-state index is -1.50. The Hall–Kier alpha value is -2.02. The second-order valence-electron chi connectivity index (χ2n) is 5.22. The highest BCUT2D eigenvalue weighted by Crippen LogP contribution is 2.34. The highest BCUT2D eigenvalue weighted by molar-refractivity contribution is 6.42. The van der Waals surface area contributed by atoms with Crippen molar-refractivity contribution in [1.82, 2.24) is 0 Å². The Kier molecular flexibility index (Phi) is 9.05. The average molecular weight is 387 g/mol. The molecule has 6 nitrogen and oxygen atoms in total. The van der Waals surface area contributed by atoms with Crippen molar-refractivity contribution in [2.24, 2.45) is 5.73 Å². The summed E-state index contributed by atoms with van der Waals surface area (Å²) in [4.78, 5) is 8.36. The SMILES string of the molecule is Cc1cc(Cl)c(Cl)cc1OC(CCCN)c1ccccc1.O=[N+]([O-])O. The van der Waals surface area contributed by atoms with Gasteiger partial charge in [-0.25, -0.2) is 0 Å². The summed E-state index contributed by atoms with van der Waals surface area (Å²) < 4.78 is 6.17. The Morgan fingerprint density at radius 2 is 1.80 bits per heavy atom. The lowest BCUT2D eigenvalue weighted by Gasteiger charge is -2.21. The Labute approximate surface area is 156 Å². The van der Waals surface area contributed by atoms with E-state index < -0.39 is 5.09 Å². The first kappa shape index (κ1) is 21.0. The molecule has 0 aliphatic heterocycles. The molecule has 2 rings (SSSR count). The standard InChI is InChI=1S/C17H19Cl2NO.HNO3/c1-12-10-14(18)15(19)11-17(12)21-16(8-5-9-20)13-6-3-2-4-7-13;2-1(3)4/h2-4,6-7,10-11,16H,5,8-9,20H2,1H3;(H,2,3,4). The number of hydrogen-bond acceptors (Lipinski definition) is 4. The third-order valence-electron chi connectivity index (χ3n) is 3.33. The first-order chi connectivity index (χ1) is 11.8. The molecule has 0 aromatic heterocycles. The van der Waals surface area contributed by atoms with Gasteiger partial charge in [-0.1, -0.05) is 53.5 Å². The Morgan fingerprint density at radius 1 is 1.24 bits per heavy atom. The Bertz CT molecular complexity index is 680. The molecule has 8 heteroatoms. The summed E-state index contributed by atoms with van der Waals surface area (Å²) in [7, 11) is 0. The maximum Gasteiger partial charge on any atom is 0.291 e. The molecule has 0 bridgehead atoms. The zero-order chi connectivity index (χ0) is 18.8. The second kappa shape index (κ2) is 10.8. The van der Waals surface area contributed by atoms with Crippen LogP contribution in [-0.2, 0) is 0 Å². The number of ether oxygens (including phenoxy) is 1. The molecule has 0 aliphatic rings. The molecule has 0 aliphatic carbocycles. The van der Waals surface area contributed by atoms with Gasteiger partial charge in [-0.3, -0.25) is 0 Å². The largest absolute Gasteiger partial charge is 0.485 e. The summed E-state index contributed by atoms with van der Waals surface area (Å²) in [5.41, 5.74) is 7.73. The van der Waals surface area contributed by atoms with Gasteiger partial charge in [-0.05, 0) is 43.5 Å². The van der Waals surface area contributed by atoms with E-state index in [-0.39, 0.29) is 6.10 Å². The lowest BCUT2D eigenvalue weighted by molar-refractivity contribution is -0.742. The van der Waals surface area contributed by atoms with Gasteiger partial charge in [-0.2, -0.15) is 0 Å². The third kappa shape index (κ3) is 7.60. The van der Waals surface area contributed by atoms with Gasteiger partial charge in [0.2, 0.25) is 0 Å². The van der Waals surface area contributed by atoms with Crippen molar-refractivity contribution >= 4 is 23.2 Å². The molecule has 0 amide bonds. The summed E-state index contributed by atoms with van der Waals surface area (Å²) in [6.45, 7) is 2.61. The van der Waals surface area contributed by atoms with Gasteiger partial charge in [0, 0.05) is 6.07 Å². The molecule has 0 spiro atoms. The molecule has 0 saturated heterocycles. The van der Waals surface area contributed by atoms with Crippen molar-refractivity contribution in [3.63, 3.8) is 0 Å². The first-order valence-corrected chi connectivity index (χ1v) is 8.31. The molecule has 136 valence electrons. The minimum Gasteiger partial charge on any atom is -0.485 e. The number of aryl methyl sites for hydroxylation is 1. The van der Waals surface area contributed by atoms with Crippen molar-refractivity contribution in [1.29, 1.82) is 0 Å². The summed E-state index contributed by atoms with van der Waals surface area (Å²) in [5, 5.41) is 14.7. The number of rotatable bonds is 6. The number of hydrogen-bond donors (Lipinski definition) is 2. The molecular formula is C17H20Cl2N2O4. The van der Waals surface area contributed by atoms with Gasteiger partial charge in [0.15, 0.2) is 0 Å². The van der Waals surface area contributed by atoms with Crippen LogP contribution < -0.4 is 10.5 Å². The molecule has 25 heavy (non-hydrogen) atoms. The first-order valence-electron chi connectivity index (χ1n) is 7.55. The number of benzene rings is 2. The fourth-order valence-electron chi connectivity index (χ4n) is 2.17. The van der Waals surface area contributed by atoms with Crippen LogP contribution in [0.2, 0.25) is 10.0 Å². The fourth-order valence-corrected chi connectivity index (χ4v) is 2.54. The molecule has 1 unspecified atom stereocenters. The van der Waals surface area contributed by atoms with Gasteiger partial charge in [0.1, 0.15) is 11.9 Å². The third-order valence-corrected chi connectivity index (χ3v) is 4.05. The fraction of sp³-hybridized carbons (Fsp3) is 0.294. The van der Waals surface area contributed by atoms with E-state index in [0.29, 0.717) is 16.6 Å². The average Bonchev–Trinajstić information content (AvgIpc) is 2.56. The smallest absolute Gasteiger partial charge is 0.291 e. The van der Waals surface area contributed by atoms with Crippen LogP contribution in [0.1, 0.15) is 30.1 Å². The van der Waals surface area contributed by atoms with E-state index in [9.17, 15) is 0 Å². The van der Waals surface area contributed by atoms with Gasteiger partial charge in [0.25, 0.3) is 5.09 Å². The summed E-state index contributed by atoms with van der Waals surface area (Å²) >= 11 is 12.1. The maximum atomic E-state index is 8.36. The zero-order valence-electron chi connectivity index (χ0n) is 13.7. The van der Waals surface area contributed by atoms with Crippen LogP contribution in [0, 0.1) is 17.0 Å². The molecule has 0 radical (unpaired) electrons. The topological polar surface area (TPSA) is 98.6 Å². The molecule has 3 N–H and O–H groups in total. The van der Waals surface area contributed by atoms with Crippen molar-refractivity contribution < 1.29 is 15.0 Å². The normalized spacial score (nSPS) is 11.2. The Balaban J connectivity index is 0.000000705. The van der Waals surface area contributed by atoms with Crippen LogP contribution in [0.15, 0.2) is 42.5 Å². The minimum absolute atomic E-state index is 0.0364. The highest BCUT2D eigenvalue weighted by Gasteiger charge is 2.15. The van der Waals surface area contributed by atoms with Gasteiger partial charge in [-0.15, -0.1) is 10.1 Å². The van der Waals surface area contributed by atoms with Gasteiger partial charge < -0.3 is 15.7 Å². The molecule has 0 heterocycles. The zero-order valence-corrected chi connectivity index (χ0v) is 15.2. The summed E-state index contributed by atoms with van der Waals surface area (Å²) in [6.07, 6.45) is 1.73. The molecule has 0 saturated carbocycles. The van der Waals surface area contributed by atoms with E-state index in [2.05, 4.69) is 12.1 Å². The van der Waals surface area contributed by atoms with E-state index in [1.54, 1.807) is 6.07 Å². The van der Waals surface area contributed by atoms with Crippen LogP contribution in [0.25, 0.3) is 0 Å². The van der Waals surface area contributed by atoms with E-state index in [0.717, 1.165) is 29.7 Å². The van der Waals surface area contributed by atoms with E-state index in [1.165, 1.54) is 0 Å².